The molecule has 1 aromatic heterocycles. The first-order chi connectivity index (χ1) is 9.47. The minimum atomic E-state index is -1.03. The van der Waals surface area contributed by atoms with Crippen molar-refractivity contribution in [2.45, 2.75) is 32.4 Å². The van der Waals surface area contributed by atoms with E-state index < -0.39 is 5.97 Å². The molecule has 6 heteroatoms. The highest BCUT2D eigenvalue weighted by atomic mass is 16.4. The number of rotatable bonds is 4. The van der Waals surface area contributed by atoms with Gasteiger partial charge in [0, 0.05) is 19.1 Å². The molecule has 1 aliphatic heterocycles. The van der Waals surface area contributed by atoms with Gasteiger partial charge < -0.3 is 10.8 Å². The number of primary amides is 1. The number of hydrogen-bond donors (Lipinski definition) is 2. The van der Waals surface area contributed by atoms with Crippen molar-refractivity contribution in [3.05, 3.63) is 29.6 Å². The summed E-state index contributed by atoms with van der Waals surface area (Å²) in [5, 5.41) is 8.94. The Morgan fingerprint density at radius 3 is 2.85 bits per heavy atom. The molecule has 2 rings (SSSR count). The highest BCUT2D eigenvalue weighted by Gasteiger charge is 2.28. The number of aromatic nitrogens is 1. The molecule has 6 nitrogen and oxygen atoms in total. The first kappa shape index (κ1) is 14.5. The Bertz CT molecular complexity index is 518. The highest BCUT2D eigenvalue weighted by Crippen LogP contribution is 2.23. The Kier molecular flexibility index (Phi) is 4.34. The lowest BCUT2D eigenvalue weighted by atomic mass is 9.93. The fourth-order valence-corrected chi connectivity index (χ4v) is 2.53. The molecule has 0 aromatic carbocycles. The van der Waals surface area contributed by atoms with Gasteiger partial charge in [0.1, 0.15) is 5.69 Å². The lowest BCUT2D eigenvalue weighted by Crippen LogP contribution is -2.45. The van der Waals surface area contributed by atoms with E-state index in [0.717, 1.165) is 12.8 Å². The van der Waals surface area contributed by atoms with Crippen LogP contribution in [0.5, 0.6) is 0 Å². The van der Waals surface area contributed by atoms with E-state index in [1.54, 1.807) is 12.1 Å². The minimum absolute atomic E-state index is 0.0404. The van der Waals surface area contributed by atoms with E-state index in [2.05, 4.69) is 16.8 Å². The zero-order valence-corrected chi connectivity index (χ0v) is 11.5. The fraction of sp³-hybridized carbons (Fsp3) is 0.500. The van der Waals surface area contributed by atoms with Crippen molar-refractivity contribution < 1.29 is 14.7 Å². The van der Waals surface area contributed by atoms with E-state index in [4.69, 9.17) is 10.8 Å². The zero-order valence-electron chi connectivity index (χ0n) is 11.5. The van der Waals surface area contributed by atoms with E-state index in [1.165, 1.54) is 6.07 Å². The van der Waals surface area contributed by atoms with Crippen molar-refractivity contribution >= 4 is 11.9 Å². The fourth-order valence-electron chi connectivity index (χ4n) is 2.53. The molecular weight excluding hydrogens is 258 g/mol. The minimum Gasteiger partial charge on any atom is -0.477 e. The number of carbonyl (C=O) groups excluding carboxylic acids is 1. The van der Waals surface area contributed by atoms with Crippen molar-refractivity contribution in [2.24, 2.45) is 11.7 Å². The van der Waals surface area contributed by atoms with E-state index in [0.29, 0.717) is 24.8 Å². The molecule has 3 N–H and O–H groups in total. The van der Waals surface area contributed by atoms with Crippen LogP contribution in [0.15, 0.2) is 18.2 Å². The van der Waals surface area contributed by atoms with Gasteiger partial charge in [-0.25, -0.2) is 9.78 Å². The van der Waals surface area contributed by atoms with Crippen LogP contribution in [0.1, 0.15) is 35.9 Å². The van der Waals surface area contributed by atoms with Crippen LogP contribution in [0.2, 0.25) is 0 Å². The van der Waals surface area contributed by atoms with Gasteiger partial charge in [0.2, 0.25) is 5.91 Å². The summed E-state index contributed by atoms with van der Waals surface area (Å²) < 4.78 is 0. The van der Waals surface area contributed by atoms with E-state index >= 15 is 0 Å². The van der Waals surface area contributed by atoms with Crippen LogP contribution in [0.4, 0.5) is 0 Å². The van der Waals surface area contributed by atoms with Crippen molar-refractivity contribution in [2.75, 3.05) is 6.54 Å². The number of hydrogen-bond acceptors (Lipinski definition) is 4. The predicted octanol–water partition coefficient (Wildman–Crippen LogP) is 0.866. The van der Waals surface area contributed by atoms with Crippen molar-refractivity contribution in [3.8, 4) is 0 Å². The van der Waals surface area contributed by atoms with Crippen LogP contribution in [0.3, 0.4) is 0 Å². The summed E-state index contributed by atoms with van der Waals surface area (Å²) in [6.45, 7) is 3.24. The smallest absolute Gasteiger partial charge is 0.354 e. The average molecular weight is 277 g/mol. The number of carbonyl (C=O) groups is 2. The predicted molar refractivity (Wildman–Crippen MR) is 73.0 cm³/mol. The van der Waals surface area contributed by atoms with Crippen LogP contribution in [-0.2, 0) is 11.3 Å². The lowest BCUT2D eigenvalue weighted by molar-refractivity contribution is -0.124. The largest absolute Gasteiger partial charge is 0.477 e. The molecule has 1 amide bonds. The lowest BCUT2D eigenvalue weighted by Gasteiger charge is -2.36. The summed E-state index contributed by atoms with van der Waals surface area (Å²) in [5.74, 6) is -1.43. The Morgan fingerprint density at radius 1 is 1.45 bits per heavy atom. The maximum Gasteiger partial charge on any atom is 0.354 e. The van der Waals surface area contributed by atoms with E-state index in [9.17, 15) is 9.59 Å². The van der Waals surface area contributed by atoms with E-state index in [-0.39, 0.29) is 17.5 Å². The topological polar surface area (TPSA) is 96.5 Å². The van der Waals surface area contributed by atoms with E-state index in [1.807, 2.05) is 0 Å². The van der Waals surface area contributed by atoms with Crippen LogP contribution in [0.25, 0.3) is 0 Å². The second-order valence-electron chi connectivity index (χ2n) is 5.27. The number of nitrogens with two attached hydrogens (primary N) is 1. The SMILES string of the molecule is CC1CCC(C(N)=O)CN1Cc1cccc(C(=O)O)n1. The first-order valence-corrected chi connectivity index (χ1v) is 6.70. The zero-order chi connectivity index (χ0) is 14.7. The van der Waals surface area contributed by atoms with Crippen LogP contribution >= 0.6 is 0 Å². The molecular formula is C14H19N3O3. The number of nitrogens with zero attached hydrogens (tertiary/aromatic N) is 2. The quantitative estimate of drug-likeness (QED) is 0.851. The second-order valence-corrected chi connectivity index (χ2v) is 5.27. The van der Waals surface area contributed by atoms with Gasteiger partial charge in [0.25, 0.3) is 0 Å². The number of piperidine rings is 1. The molecule has 2 atom stereocenters. The highest BCUT2D eigenvalue weighted by molar-refractivity contribution is 5.85. The maximum absolute atomic E-state index is 11.3. The van der Waals surface area contributed by atoms with Gasteiger partial charge in [0.05, 0.1) is 11.6 Å². The normalized spacial score (nSPS) is 23.4. The van der Waals surface area contributed by atoms with Crippen LogP contribution < -0.4 is 5.73 Å². The second kappa shape index (κ2) is 6.00. The third-order valence-electron chi connectivity index (χ3n) is 3.80. The third kappa shape index (κ3) is 3.33. The van der Waals surface area contributed by atoms with Gasteiger partial charge in [0.15, 0.2) is 0 Å². The van der Waals surface area contributed by atoms with Crippen molar-refractivity contribution in [3.63, 3.8) is 0 Å². The molecule has 2 unspecified atom stereocenters. The van der Waals surface area contributed by atoms with Gasteiger partial charge in [-0.1, -0.05) is 6.07 Å². The molecule has 1 aromatic rings. The number of carboxylic acids is 1. The third-order valence-corrected chi connectivity index (χ3v) is 3.80. The molecule has 1 fully saturated rings. The number of amides is 1. The molecule has 0 spiro atoms. The van der Waals surface area contributed by atoms with Crippen LogP contribution in [-0.4, -0.2) is 39.5 Å². The average Bonchev–Trinajstić information content (AvgIpc) is 2.41. The standard InChI is InChI=1S/C14H19N3O3/c1-9-5-6-10(13(15)18)7-17(9)8-11-3-2-4-12(16-11)14(19)20/h2-4,9-10H,5-8H2,1H3,(H2,15,18)(H,19,20). The van der Waals surface area contributed by atoms with Crippen molar-refractivity contribution in [1.29, 1.82) is 0 Å². The van der Waals surface area contributed by atoms with Gasteiger partial charge in [-0.2, -0.15) is 0 Å². The van der Waals surface area contributed by atoms with Crippen molar-refractivity contribution in [1.82, 2.24) is 9.88 Å². The Labute approximate surface area is 117 Å². The summed E-state index contributed by atoms with van der Waals surface area (Å²) in [6.07, 6.45) is 1.72. The summed E-state index contributed by atoms with van der Waals surface area (Å²) >= 11 is 0. The van der Waals surface area contributed by atoms with Gasteiger partial charge in [-0.05, 0) is 31.9 Å². The first-order valence-electron chi connectivity index (χ1n) is 6.70. The summed E-state index contributed by atoms with van der Waals surface area (Å²) in [6, 6.07) is 5.29. The number of aromatic carboxylic acids is 1. The maximum atomic E-state index is 11.3. The number of pyridine rings is 1. The van der Waals surface area contributed by atoms with Gasteiger partial charge in [-0.15, -0.1) is 0 Å². The molecule has 0 aliphatic carbocycles. The molecule has 20 heavy (non-hydrogen) atoms. The van der Waals surface area contributed by atoms with Crippen LogP contribution in [0, 0.1) is 5.92 Å². The summed E-state index contributed by atoms with van der Waals surface area (Å²) in [5.41, 5.74) is 6.11. The Morgan fingerprint density at radius 2 is 2.20 bits per heavy atom. The molecule has 0 radical (unpaired) electrons. The Hall–Kier alpha value is -1.95. The van der Waals surface area contributed by atoms with Gasteiger partial charge >= 0.3 is 5.97 Å². The molecule has 0 bridgehead atoms. The molecule has 1 aliphatic rings. The summed E-state index contributed by atoms with van der Waals surface area (Å²) in [4.78, 5) is 28.5. The molecule has 108 valence electrons. The molecule has 2 heterocycles. The Balaban J connectivity index is 2.09. The monoisotopic (exact) mass is 277 g/mol. The summed E-state index contributed by atoms with van der Waals surface area (Å²) in [7, 11) is 0. The molecule has 0 saturated carbocycles. The molecule has 1 saturated heterocycles. The van der Waals surface area contributed by atoms with Gasteiger partial charge in [-0.3, -0.25) is 9.69 Å². The number of carboxylic acid groups (broad SMARTS) is 1. The number of likely N-dealkylation sites (tertiary alicyclic amines) is 1.